The lowest BCUT2D eigenvalue weighted by Gasteiger charge is -2.13. The molecule has 0 saturated carbocycles. The summed E-state index contributed by atoms with van der Waals surface area (Å²) in [4.78, 5) is 9.17. The van der Waals surface area contributed by atoms with Crippen molar-refractivity contribution in [2.24, 2.45) is 0 Å². The van der Waals surface area contributed by atoms with Gasteiger partial charge in [-0.15, -0.1) is 0 Å². The van der Waals surface area contributed by atoms with Crippen molar-refractivity contribution in [1.82, 2.24) is 9.97 Å². The van der Waals surface area contributed by atoms with E-state index in [0.29, 0.717) is 16.9 Å². The molecule has 3 aromatic carbocycles. The van der Waals surface area contributed by atoms with Gasteiger partial charge in [-0.1, -0.05) is 48.5 Å². The third kappa shape index (κ3) is 3.73. The molecule has 0 aliphatic carbocycles. The molecule has 0 aliphatic heterocycles. The SMILES string of the molecule is O=S(=O)(Nc1nc2ccccc2nc1Nc1ccccc1)c1ccccc1. The van der Waals surface area contributed by atoms with Crippen LogP contribution in [0.3, 0.4) is 0 Å². The Morgan fingerprint density at radius 3 is 1.78 bits per heavy atom. The van der Waals surface area contributed by atoms with Gasteiger partial charge in [-0.2, -0.15) is 0 Å². The van der Waals surface area contributed by atoms with Crippen LogP contribution in [0.4, 0.5) is 17.3 Å². The van der Waals surface area contributed by atoms with Crippen molar-refractivity contribution in [3.05, 3.63) is 84.9 Å². The summed E-state index contributed by atoms with van der Waals surface area (Å²) in [7, 11) is -3.79. The smallest absolute Gasteiger partial charge is 0.263 e. The fourth-order valence-electron chi connectivity index (χ4n) is 2.60. The molecule has 2 N–H and O–H groups in total. The average molecular weight is 376 g/mol. The van der Waals surface area contributed by atoms with Crippen LogP contribution in [0.25, 0.3) is 11.0 Å². The van der Waals surface area contributed by atoms with Crippen molar-refractivity contribution < 1.29 is 8.42 Å². The van der Waals surface area contributed by atoms with Crippen LogP contribution in [0.5, 0.6) is 0 Å². The van der Waals surface area contributed by atoms with E-state index >= 15 is 0 Å². The Morgan fingerprint density at radius 1 is 0.630 bits per heavy atom. The van der Waals surface area contributed by atoms with Gasteiger partial charge in [-0.25, -0.2) is 18.4 Å². The van der Waals surface area contributed by atoms with E-state index in [9.17, 15) is 8.42 Å². The van der Waals surface area contributed by atoms with Crippen molar-refractivity contribution in [3.63, 3.8) is 0 Å². The number of nitrogens with one attached hydrogen (secondary N) is 2. The number of hydrogen-bond donors (Lipinski definition) is 2. The van der Waals surface area contributed by atoms with Gasteiger partial charge < -0.3 is 5.32 Å². The van der Waals surface area contributed by atoms with Crippen molar-refractivity contribution in [3.8, 4) is 0 Å². The predicted molar refractivity (Wildman–Crippen MR) is 107 cm³/mol. The standard InChI is InChI=1S/C20H16N4O2S/c25-27(26,16-11-5-2-6-12-16)24-20-19(21-15-9-3-1-4-10-15)22-17-13-7-8-14-18(17)23-20/h1-14H,(H,21,22)(H,23,24). The molecule has 4 rings (SSSR count). The molecule has 0 radical (unpaired) electrons. The molecule has 0 unspecified atom stereocenters. The van der Waals surface area contributed by atoms with E-state index in [2.05, 4.69) is 20.0 Å². The molecule has 7 heteroatoms. The second-order valence-corrected chi connectivity index (χ2v) is 7.50. The third-order valence-corrected chi connectivity index (χ3v) is 5.25. The summed E-state index contributed by atoms with van der Waals surface area (Å²) < 4.78 is 28.0. The molecule has 6 nitrogen and oxygen atoms in total. The van der Waals surface area contributed by atoms with Gasteiger partial charge in [0, 0.05) is 5.69 Å². The van der Waals surface area contributed by atoms with Crippen LogP contribution in [0.1, 0.15) is 0 Å². The zero-order chi connectivity index (χ0) is 18.7. The van der Waals surface area contributed by atoms with Crippen molar-refractivity contribution >= 4 is 38.4 Å². The van der Waals surface area contributed by atoms with Crippen LogP contribution in [0.15, 0.2) is 89.8 Å². The quantitative estimate of drug-likeness (QED) is 0.546. The largest absolute Gasteiger partial charge is 0.337 e. The Kier molecular flexibility index (Phi) is 4.43. The Balaban J connectivity index is 1.79. The molecule has 27 heavy (non-hydrogen) atoms. The van der Waals surface area contributed by atoms with E-state index in [1.165, 1.54) is 12.1 Å². The molecule has 1 heterocycles. The van der Waals surface area contributed by atoms with Gasteiger partial charge in [0.15, 0.2) is 11.6 Å². The number of benzene rings is 3. The second kappa shape index (κ2) is 7.05. The van der Waals surface area contributed by atoms with Gasteiger partial charge in [-0.3, -0.25) is 4.72 Å². The highest BCUT2D eigenvalue weighted by Gasteiger charge is 2.18. The van der Waals surface area contributed by atoms with Crippen molar-refractivity contribution in [1.29, 1.82) is 0 Å². The fourth-order valence-corrected chi connectivity index (χ4v) is 3.63. The molecule has 4 aromatic rings. The zero-order valence-electron chi connectivity index (χ0n) is 14.2. The number of nitrogens with zero attached hydrogens (tertiary/aromatic N) is 2. The highest BCUT2D eigenvalue weighted by molar-refractivity contribution is 7.92. The summed E-state index contributed by atoms with van der Waals surface area (Å²) in [6.07, 6.45) is 0. The highest BCUT2D eigenvalue weighted by atomic mass is 32.2. The van der Waals surface area contributed by atoms with E-state index in [1.807, 2.05) is 48.5 Å². The second-order valence-electron chi connectivity index (χ2n) is 5.82. The molecule has 0 aliphatic rings. The van der Waals surface area contributed by atoms with Crippen LogP contribution in [-0.4, -0.2) is 18.4 Å². The van der Waals surface area contributed by atoms with Crippen molar-refractivity contribution in [2.75, 3.05) is 10.0 Å². The van der Waals surface area contributed by atoms with Crippen LogP contribution in [0, 0.1) is 0 Å². The summed E-state index contributed by atoms with van der Waals surface area (Å²) in [5, 5.41) is 3.14. The van der Waals surface area contributed by atoms with Crippen LogP contribution < -0.4 is 10.0 Å². The number of aromatic nitrogens is 2. The number of sulfonamides is 1. The maximum Gasteiger partial charge on any atom is 0.263 e. The van der Waals surface area contributed by atoms with E-state index in [-0.39, 0.29) is 10.7 Å². The molecule has 0 spiro atoms. The van der Waals surface area contributed by atoms with Crippen LogP contribution >= 0.6 is 0 Å². The number of rotatable bonds is 5. The first kappa shape index (κ1) is 17.0. The molecule has 134 valence electrons. The summed E-state index contributed by atoms with van der Waals surface area (Å²) in [5.41, 5.74) is 2.04. The minimum Gasteiger partial charge on any atom is -0.337 e. The number of fused-ring (bicyclic) bond motifs is 1. The first-order valence-corrected chi connectivity index (χ1v) is 9.77. The van der Waals surface area contributed by atoms with Gasteiger partial charge in [0.25, 0.3) is 10.0 Å². The molecule has 0 saturated heterocycles. The van der Waals surface area contributed by atoms with Crippen LogP contribution in [0.2, 0.25) is 0 Å². The van der Waals surface area contributed by atoms with E-state index in [1.54, 1.807) is 24.3 Å². The molecule has 0 atom stereocenters. The minimum atomic E-state index is -3.79. The lowest BCUT2D eigenvalue weighted by atomic mass is 10.3. The zero-order valence-corrected chi connectivity index (χ0v) is 15.0. The van der Waals surface area contributed by atoms with E-state index < -0.39 is 10.0 Å². The normalized spacial score (nSPS) is 11.3. The Hall–Kier alpha value is -3.45. The fraction of sp³-hybridized carbons (Fsp3) is 0. The third-order valence-electron chi connectivity index (χ3n) is 3.89. The summed E-state index contributed by atoms with van der Waals surface area (Å²) in [6, 6.07) is 24.9. The Bertz CT molecular complexity index is 1180. The number of para-hydroxylation sites is 3. The van der Waals surface area contributed by atoms with Gasteiger partial charge >= 0.3 is 0 Å². The number of hydrogen-bond acceptors (Lipinski definition) is 5. The molecule has 0 amide bonds. The predicted octanol–water partition coefficient (Wildman–Crippen LogP) is 4.17. The molecule has 0 fully saturated rings. The summed E-state index contributed by atoms with van der Waals surface area (Å²) in [5.74, 6) is 0.473. The Labute approximate surface area is 157 Å². The van der Waals surface area contributed by atoms with Gasteiger partial charge in [0.05, 0.1) is 15.9 Å². The van der Waals surface area contributed by atoms with Crippen LogP contribution in [-0.2, 0) is 10.0 Å². The highest BCUT2D eigenvalue weighted by Crippen LogP contribution is 2.26. The summed E-state index contributed by atoms with van der Waals surface area (Å²) in [6.45, 7) is 0. The van der Waals surface area contributed by atoms with Gasteiger partial charge in [0.1, 0.15) is 0 Å². The molecular formula is C20H16N4O2S. The first-order chi connectivity index (χ1) is 13.1. The average Bonchev–Trinajstić information content (AvgIpc) is 2.70. The molecule has 1 aromatic heterocycles. The number of anilines is 3. The summed E-state index contributed by atoms with van der Waals surface area (Å²) >= 11 is 0. The van der Waals surface area contributed by atoms with E-state index in [0.717, 1.165) is 5.69 Å². The van der Waals surface area contributed by atoms with Gasteiger partial charge in [0.2, 0.25) is 0 Å². The molecule has 0 bridgehead atoms. The lowest BCUT2D eigenvalue weighted by Crippen LogP contribution is -2.15. The topological polar surface area (TPSA) is 84.0 Å². The molecular weight excluding hydrogens is 360 g/mol. The van der Waals surface area contributed by atoms with Crippen molar-refractivity contribution in [2.45, 2.75) is 4.90 Å². The minimum absolute atomic E-state index is 0.140. The Morgan fingerprint density at radius 2 is 1.15 bits per heavy atom. The van der Waals surface area contributed by atoms with Gasteiger partial charge in [-0.05, 0) is 36.4 Å². The lowest BCUT2D eigenvalue weighted by molar-refractivity contribution is 0.601. The maximum absolute atomic E-state index is 12.7. The first-order valence-electron chi connectivity index (χ1n) is 8.28. The van der Waals surface area contributed by atoms with E-state index in [4.69, 9.17) is 0 Å². The monoisotopic (exact) mass is 376 g/mol. The maximum atomic E-state index is 12.7.